The second-order valence-corrected chi connectivity index (χ2v) is 9.34. The van der Waals surface area contributed by atoms with Gasteiger partial charge in [0.15, 0.2) is 0 Å². The first-order valence-electron chi connectivity index (χ1n) is 7.86. The van der Waals surface area contributed by atoms with Crippen LogP contribution in [0.5, 0.6) is 0 Å². The minimum atomic E-state index is -1.16. The van der Waals surface area contributed by atoms with Crippen LogP contribution >= 0.6 is 0 Å². The molecule has 23 heavy (non-hydrogen) atoms. The Labute approximate surface area is 139 Å². The van der Waals surface area contributed by atoms with Gasteiger partial charge in [0, 0.05) is 16.7 Å². The van der Waals surface area contributed by atoms with Crippen molar-refractivity contribution in [2.75, 3.05) is 0 Å². The van der Waals surface area contributed by atoms with Crippen molar-refractivity contribution in [2.24, 2.45) is 0 Å². The van der Waals surface area contributed by atoms with Crippen molar-refractivity contribution in [2.45, 2.75) is 63.5 Å². The smallest absolute Gasteiger partial charge is 0.136 e. The average Bonchev–Trinajstić information content (AvgIpc) is 3.06. The van der Waals surface area contributed by atoms with E-state index in [0.29, 0.717) is 19.4 Å². The van der Waals surface area contributed by atoms with E-state index in [-0.39, 0.29) is 10.8 Å². The SMILES string of the molecule is C[C@@H](N[S+]([O-])C(C)(C)C)c1cc2cnn(CC3(F)CC3)c2cn1. The molecule has 3 rings (SSSR count). The molecule has 1 aliphatic carbocycles. The summed E-state index contributed by atoms with van der Waals surface area (Å²) in [5.41, 5.74) is 0.550. The fourth-order valence-corrected chi connectivity index (χ4v) is 3.11. The maximum absolute atomic E-state index is 13.9. The Morgan fingerprint density at radius 1 is 1.43 bits per heavy atom. The predicted octanol–water partition coefficient (Wildman–Crippen LogP) is 3.05. The van der Waals surface area contributed by atoms with Gasteiger partial charge in [0.1, 0.15) is 10.4 Å². The Kier molecular flexibility index (Phi) is 4.14. The number of halogens is 1. The van der Waals surface area contributed by atoms with E-state index in [0.717, 1.165) is 16.6 Å². The fraction of sp³-hybridized carbons (Fsp3) is 0.625. The van der Waals surface area contributed by atoms with Gasteiger partial charge < -0.3 is 4.55 Å². The Morgan fingerprint density at radius 2 is 2.13 bits per heavy atom. The standard InChI is InChI=1S/C16H23FN4OS/c1-11(20-23(22)15(2,3)4)13-7-12-8-19-21(14(12)9-18-13)10-16(17)5-6-16/h7-9,11,20H,5-6,10H2,1-4H3/t11-,23?/m1/s1. The second-order valence-electron chi connectivity index (χ2n) is 7.34. The number of alkyl halides is 1. The van der Waals surface area contributed by atoms with Gasteiger partial charge in [-0.3, -0.25) is 9.67 Å². The van der Waals surface area contributed by atoms with Gasteiger partial charge in [0.2, 0.25) is 0 Å². The molecule has 1 aliphatic rings. The Hall–Kier alpha value is -1.18. The minimum absolute atomic E-state index is 0.140. The van der Waals surface area contributed by atoms with Crippen molar-refractivity contribution in [3.8, 4) is 0 Å². The number of rotatable bonds is 5. The first kappa shape index (κ1) is 16.7. The van der Waals surface area contributed by atoms with E-state index in [1.54, 1.807) is 17.1 Å². The van der Waals surface area contributed by atoms with Gasteiger partial charge in [-0.15, -0.1) is 4.72 Å². The molecular weight excluding hydrogens is 315 g/mol. The Balaban J connectivity index is 1.78. The summed E-state index contributed by atoms with van der Waals surface area (Å²) in [6.45, 7) is 8.00. The van der Waals surface area contributed by atoms with Crippen molar-refractivity contribution in [3.05, 3.63) is 24.2 Å². The lowest BCUT2D eigenvalue weighted by molar-refractivity contribution is 0.264. The van der Waals surface area contributed by atoms with E-state index < -0.39 is 17.0 Å². The summed E-state index contributed by atoms with van der Waals surface area (Å²) in [7, 11) is 0. The number of hydrogen-bond donors (Lipinski definition) is 1. The van der Waals surface area contributed by atoms with E-state index in [2.05, 4.69) is 14.8 Å². The minimum Gasteiger partial charge on any atom is -0.598 e. The van der Waals surface area contributed by atoms with Gasteiger partial charge in [-0.2, -0.15) is 5.10 Å². The van der Waals surface area contributed by atoms with E-state index in [9.17, 15) is 8.94 Å². The summed E-state index contributed by atoms with van der Waals surface area (Å²) in [6.07, 6.45) is 4.68. The molecule has 2 atom stereocenters. The zero-order valence-corrected chi connectivity index (χ0v) is 14.8. The van der Waals surface area contributed by atoms with Crippen LogP contribution < -0.4 is 4.72 Å². The molecule has 0 aliphatic heterocycles. The highest BCUT2D eigenvalue weighted by atomic mass is 32.2. The normalized spacial score (nSPS) is 19.7. The number of fused-ring (bicyclic) bond motifs is 1. The molecule has 0 spiro atoms. The molecule has 2 heterocycles. The monoisotopic (exact) mass is 338 g/mol. The molecule has 0 aromatic carbocycles. The molecule has 0 radical (unpaired) electrons. The highest BCUT2D eigenvalue weighted by Crippen LogP contribution is 2.41. The van der Waals surface area contributed by atoms with Crippen molar-refractivity contribution >= 4 is 22.3 Å². The van der Waals surface area contributed by atoms with Gasteiger partial charge >= 0.3 is 0 Å². The van der Waals surface area contributed by atoms with Crippen LogP contribution in [0.3, 0.4) is 0 Å². The number of hydrogen-bond acceptors (Lipinski definition) is 4. The van der Waals surface area contributed by atoms with Crippen molar-refractivity contribution in [3.63, 3.8) is 0 Å². The maximum Gasteiger partial charge on any atom is 0.136 e. The van der Waals surface area contributed by atoms with Crippen molar-refractivity contribution in [1.82, 2.24) is 19.5 Å². The fourth-order valence-electron chi connectivity index (χ4n) is 2.32. The molecule has 1 unspecified atom stereocenters. The molecule has 5 nitrogen and oxygen atoms in total. The Bertz CT molecular complexity index is 708. The maximum atomic E-state index is 13.9. The van der Waals surface area contributed by atoms with Gasteiger partial charge in [0.05, 0.1) is 36.2 Å². The molecule has 0 bridgehead atoms. The van der Waals surface area contributed by atoms with E-state index in [1.165, 1.54) is 0 Å². The van der Waals surface area contributed by atoms with E-state index in [4.69, 9.17) is 0 Å². The van der Waals surface area contributed by atoms with E-state index in [1.807, 2.05) is 33.8 Å². The summed E-state index contributed by atoms with van der Waals surface area (Å²) in [4.78, 5) is 4.44. The summed E-state index contributed by atoms with van der Waals surface area (Å²) >= 11 is -1.16. The van der Waals surface area contributed by atoms with Crippen LogP contribution in [0.15, 0.2) is 18.5 Å². The van der Waals surface area contributed by atoms with Gasteiger partial charge in [-0.05, 0) is 46.6 Å². The third kappa shape index (κ3) is 3.67. The Morgan fingerprint density at radius 3 is 2.74 bits per heavy atom. The second kappa shape index (κ2) is 5.72. The van der Waals surface area contributed by atoms with E-state index >= 15 is 0 Å². The van der Waals surface area contributed by atoms with Crippen molar-refractivity contribution in [1.29, 1.82) is 0 Å². The lowest BCUT2D eigenvalue weighted by Gasteiger charge is -2.26. The number of pyridine rings is 1. The predicted molar refractivity (Wildman–Crippen MR) is 90.0 cm³/mol. The quantitative estimate of drug-likeness (QED) is 0.851. The van der Waals surface area contributed by atoms with Crippen LogP contribution in [0, 0.1) is 0 Å². The summed E-state index contributed by atoms with van der Waals surface area (Å²) < 4.78 is 30.6. The molecule has 7 heteroatoms. The molecule has 1 N–H and O–H groups in total. The summed E-state index contributed by atoms with van der Waals surface area (Å²) in [5, 5.41) is 5.20. The third-order valence-corrected chi connectivity index (χ3v) is 5.74. The van der Waals surface area contributed by atoms with Crippen LogP contribution in [-0.2, 0) is 17.9 Å². The molecule has 126 valence electrons. The lowest BCUT2D eigenvalue weighted by atomic mass is 10.2. The number of aromatic nitrogens is 3. The zero-order valence-electron chi connectivity index (χ0n) is 14.0. The molecule has 2 aromatic heterocycles. The molecule has 0 saturated heterocycles. The first-order chi connectivity index (χ1) is 10.7. The van der Waals surface area contributed by atoms with Gasteiger partial charge in [-0.25, -0.2) is 4.39 Å². The molecular formula is C16H23FN4OS. The molecule has 1 fully saturated rings. The van der Waals surface area contributed by atoms with Crippen LogP contribution in [0.1, 0.15) is 52.3 Å². The third-order valence-electron chi connectivity index (χ3n) is 4.06. The van der Waals surface area contributed by atoms with Crippen molar-refractivity contribution < 1.29 is 8.94 Å². The van der Waals surface area contributed by atoms with Crippen LogP contribution in [-0.4, -0.2) is 29.7 Å². The number of nitrogens with zero attached hydrogens (tertiary/aromatic N) is 3. The number of nitrogens with one attached hydrogen (secondary N) is 1. The highest BCUT2D eigenvalue weighted by Gasteiger charge is 2.44. The summed E-state index contributed by atoms with van der Waals surface area (Å²) in [5.74, 6) is 0. The average molecular weight is 338 g/mol. The van der Waals surface area contributed by atoms with Gasteiger partial charge in [-0.1, -0.05) is 0 Å². The highest BCUT2D eigenvalue weighted by molar-refractivity contribution is 7.90. The molecule has 0 amide bonds. The van der Waals surface area contributed by atoms with Crippen LogP contribution in [0.4, 0.5) is 4.39 Å². The van der Waals surface area contributed by atoms with Gasteiger partial charge in [0.25, 0.3) is 0 Å². The molecule has 1 saturated carbocycles. The first-order valence-corrected chi connectivity index (χ1v) is 9.01. The zero-order chi connectivity index (χ0) is 16.8. The largest absolute Gasteiger partial charge is 0.598 e. The summed E-state index contributed by atoms with van der Waals surface area (Å²) in [6, 6.07) is 1.78. The lowest BCUT2D eigenvalue weighted by Crippen LogP contribution is -2.40. The molecule has 2 aromatic rings. The topological polar surface area (TPSA) is 65.8 Å². The van der Waals surface area contributed by atoms with Crippen LogP contribution in [0.2, 0.25) is 0 Å². The van der Waals surface area contributed by atoms with Crippen LogP contribution in [0.25, 0.3) is 10.9 Å².